The van der Waals surface area contributed by atoms with Crippen molar-refractivity contribution in [2.24, 2.45) is 0 Å². The normalized spacial score (nSPS) is 10.1. The number of ether oxygens (including phenoxy) is 1. The maximum atomic E-state index is 11.9. The molecule has 1 N–H and O–H groups in total. The highest BCUT2D eigenvalue weighted by Gasteiger charge is 2.11. The Morgan fingerprint density at radius 2 is 1.88 bits per heavy atom. The second-order valence-electron chi connectivity index (χ2n) is 5.08. The van der Waals surface area contributed by atoms with Crippen LogP contribution in [0.5, 0.6) is 0 Å². The van der Waals surface area contributed by atoms with Gasteiger partial charge in [0.2, 0.25) is 5.91 Å². The molecule has 2 rings (SSSR count). The molecular weight excluding hydrogens is 330 g/mol. The van der Waals surface area contributed by atoms with Crippen LogP contribution in [0.25, 0.3) is 0 Å². The summed E-state index contributed by atoms with van der Waals surface area (Å²) in [5, 5.41) is 13.3. The van der Waals surface area contributed by atoms with Gasteiger partial charge in [0, 0.05) is 18.7 Å². The average molecular weight is 345 g/mol. The molecule has 0 aliphatic rings. The van der Waals surface area contributed by atoms with E-state index in [9.17, 15) is 24.5 Å². The van der Waals surface area contributed by atoms with Gasteiger partial charge in [-0.3, -0.25) is 24.3 Å². The number of benzene rings is 1. The third kappa shape index (κ3) is 4.74. The molecule has 9 nitrogen and oxygen atoms in total. The molecule has 25 heavy (non-hydrogen) atoms. The molecule has 1 amide bonds. The number of rotatable bonds is 6. The molecule has 0 radical (unpaired) electrons. The van der Waals surface area contributed by atoms with Crippen LogP contribution in [0, 0.1) is 10.1 Å². The van der Waals surface area contributed by atoms with Crippen molar-refractivity contribution in [3.05, 3.63) is 74.2 Å². The van der Waals surface area contributed by atoms with Gasteiger partial charge in [-0.05, 0) is 17.7 Å². The molecule has 1 heterocycles. The number of amides is 1. The lowest BCUT2D eigenvalue weighted by molar-refractivity contribution is -0.385. The van der Waals surface area contributed by atoms with Crippen LogP contribution in [0.2, 0.25) is 0 Å². The Morgan fingerprint density at radius 3 is 2.48 bits per heavy atom. The molecular formula is C16H15N3O6. The van der Waals surface area contributed by atoms with Gasteiger partial charge in [0.1, 0.15) is 6.54 Å². The number of aromatic nitrogens is 1. The van der Waals surface area contributed by atoms with Crippen molar-refractivity contribution >= 4 is 17.6 Å². The van der Waals surface area contributed by atoms with Crippen LogP contribution < -0.4 is 10.9 Å². The Morgan fingerprint density at radius 1 is 1.20 bits per heavy atom. The smallest absolute Gasteiger partial charge is 0.337 e. The van der Waals surface area contributed by atoms with Gasteiger partial charge in [-0.15, -0.1) is 0 Å². The third-order valence-electron chi connectivity index (χ3n) is 3.36. The van der Waals surface area contributed by atoms with Crippen LogP contribution in [0.1, 0.15) is 15.9 Å². The molecule has 0 saturated carbocycles. The van der Waals surface area contributed by atoms with Crippen LogP contribution >= 0.6 is 0 Å². The van der Waals surface area contributed by atoms with E-state index in [-0.39, 0.29) is 18.8 Å². The molecule has 1 aromatic carbocycles. The molecule has 1 aromatic heterocycles. The minimum atomic E-state index is -0.642. The van der Waals surface area contributed by atoms with Crippen molar-refractivity contribution < 1.29 is 19.2 Å². The second kappa shape index (κ2) is 7.86. The molecule has 0 fully saturated rings. The van der Waals surface area contributed by atoms with Crippen molar-refractivity contribution in [3.63, 3.8) is 0 Å². The number of hydrogen-bond donors (Lipinski definition) is 1. The number of esters is 1. The van der Waals surface area contributed by atoms with E-state index in [1.807, 2.05) is 0 Å². The summed E-state index contributed by atoms with van der Waals surface area (Å²) >= 11 is 0. The summed E-state index contributed by atoms with van der Waals surface area (Å²) in [7, 11) is 1.28. The SMILES string of the molecule is COC(=O)c1ccc(CNC(=O)Cn2cc([N+](=O)[O-])ccc2=O)cc1. The predicted molar refractivity (Wildman–Crippen MR) is 87.0 cm³/mol. The van der Waals surface area contributed by atoms with E-state index in [0.29, 0.717) is 5.56 Å². The summed E-state index contributed by atoms with van der Waals surface area (Å²) in [6.07, 6.45) is 1.02. The van der Waals surface area contributed by atoms with Crippen LogP contribution in [0.15, 0.2) is 47.4 Å². The van der Waals surface area contributed by atoms with E-state index in [1.54, 1.807) is 24.3 Å². The lowest BCUT2D eigenvalue weighted by atomic mass is 10.1. The monoisotopic (exact) mass is 345 g/mol. The minimum Gasteiger partial charge on any atom is -0.465 e. The first-order chi connectivity index (χ1) is 11.9. The zero-order chi connectivity index (χ0) is 18.4. The first kappa shape index (κ1) is 17.9. The van der Waals surface area contributed by atoms with E-state index in [2.05, 4.69) is 10.1 Å². The summed E-state index contributed by atoms with van der Waals surface area (Å²) < 4.78 is 5.56. The van der Waals surface area contributed by atoms with Gasteiger partial charge in [0.25, 0.3) is 11.2 Å². The average Bonchev–Trinajstić information content (AvgIpc) is 2.61. The van der Waals surface area contributed by atoms with Gasteiger partial charge < -0.3 is 10.1 Å². The molecule has 0 aliphatic heterocycles. The molecule has 0 atom stereocenters. The van der Waals surface area contributed by atoms with Crippen LogP contribution in [0.3, 0.4) is 0 Å². The summed E-state index contributed by atoms with van der Waals surface area (Å²) in [4.78, 5) is 45.0. The van der Waals surface area contributed by atoms with Crippen LogP contribution in [-0.2, 0) is 22.6 Å². The lowest BCUT2D eigenvalue weighted by Crippen LogP contribution is -2.31. The van der Waals surface area contributed by atoms with Crippen molar-refractivity contribution in [1.29, 1.82) is 0 Å². The van der Waals surface area contributed by atoms with Crippen LogP contribution in [0.4, 0.5) is 5.69 Å². The third-order valence-corrected chi connectivity index (χ3v) is 3.36. The van der Waals surface area contributed by atoms with Gasteiger partial charge in [-0.1, -0.05) is 12.1 Å². The maximum absolute atomic E-state index is 11.9. The highest BCUT2D eigenvalue weighted by Crippen LogP contribution is 2.07. The minimum absolute atomic E-state index is 0.184. The number of carbonyl (C=O) groups is 2. The fourth-order valence-corrected chi connectivity index (χ4v) is 2.04. The summed E-state index contributed by atoms with van der Waals surface area (Å²) in [6, 6.07) is 8.57. The largest absolute Gasteiger partial charge is 0.465 e. The number of nitrogens with one attached hydrogen (secondary N) is 1. The van der Waals surface area contributed by atoms with Gasteiger partial charge in [0.15, 0.2) is 0 Å². The Kier molecular flexibility index (Phi) is 5.62. The van der Waals surface area contributed by atoms with Gasteiger partial charge in [-0.2, -0.15) is 0 Å². The Hall–Kier alpha value is -3.49. The fraction of sp³-hybridized carbons (Fsp3) is 0.188. The number of nitrogens with zero attached hydrogens (tertiary/aromatic N) is 2. The zero-order valence-electron chi connectivity index (χ0n) is 13.3. The Bertz CT molecular complexity index is 857. The van der Waals surface area contributed by atoms with Crippen molar-refractivity contribution in [2.75, 3.05) is 7.11 Å². The highest BCUT2D eigenvalue weighted by molar-refractivity contribution is 5.89. The fourth-order valence-electron chi connectivity index (χ4n) is 2.04. The van der Waals surface area contributed by atoms with Gasteiger partial charge in [0.05, 0.1) is 23.8 Å². The molecule has 2 aromatic rings. The standard InChI is InChI=1S/C16H15N3O6/c1-25-16(22)12-4-2-11(3-5-12)8-17-14(20)10-18-9-13(19(23)24)6-7-15(18)21/h2-7,9H,8,10H2,1H3,(H,17,20). The van der Waals surface area contributed by atoms with Crippen molar-refractivity contribution in [1.82, 2.24) is 9.88 Å². The molecule has 0 unspecified atom stereocenters. The summed E-state index contributed by atoms with van der Waals surface area (Å²) in [5.74, 6) is -0.930. The second-order valence-corrected chi connectivity index (χ2v) is 5.08. The number of carbonyl (C=O) groups excluding carboxylic acids is 2. The predicted octanol–water partition coefficient (Wildman–Crippen LogP) is 0.859. The highest BCUT2D eigenvalue weighted by atomic mass is 16.6. The van der Waals surface area contributed by atoms with E-state index >= 15 is 0 Å². The van der Waals surface area contributed by atoms with E-state index in [1.165, 1.54) is 7.11 Å². The Balaban J connectivity index is 1.97. The van der Waals surface area contributed by atoms with Gasteiger partial charge >= 0.3 is 5.97 Å². The lowest BCUT2D eigenvalue weighted by Gasteiger charge is -2.08. The molecule has 0 aliphatic carbocycles. The molecule has 0 spiro atoms. The molecule has 0 bridgehead atoms. The van der Waals surface area contributed by atoms with E-state index in [0.717, 1.165) is 28.5 Å². The zero-order valence-corrected chi connectivity index (χ0v) is 13.3. The number of pyridine rings is 1. The quantitative estimate of drug-likeness (QED) is 0.471. The van der Waals surface area contributed by atoms with E-state index < -0.39 is 22.4 Å². The molecule has 9 heteroatoms. The maximum Gasteiger partial charge on any atom is 0.337 e. The molecule has 130 valence electrons. The van der Waals surface area contributed by atoms with Gasteiger partial charge in [-0.25, -0.2) is 4.79 Å². The number of hydrogen-bond acceptors (Lipinski definition) is 6. The molecule has 0 saturated heterocycles. The van der Waals surface area contributed by atoms with Crippen LogP contribution in [-0.4, -0.2) is 28.5 Å². The number of methoxy groups -OCH3 is 1. The van der Waals surface area contributed by atoms with E-state index in [4.69, 9.17) is 0 Å². The topological polar surface area (TPSA) is 121 Å². The van der Waals surface area contributed by atoms with Crippen molar-refractivity contribution in [3.8, 4) is 0 Å². The Labute approximate surface area is 142 Å². The summed E-state index contributed by atoms with van der Waals surface area (Å²) in [6.45, 7) is -0.148. The number of nitro groups is 1. The first-order valence-corrected chi connectivity index (χ1v) is 7.19. The summed E-state index contributed by atoms with van der Waals surface area (Å²) in [5.41, 5.74) is 0.349. The van der Waals surface area contributed by atoms with Crippen molar-refractivity contribution in [2.45, 2.75) is 13.1 Å². The first-order valence-electron chi connectivity index (χ1n) is 7.19.